The molecule has 0 amide bonds. The van der Waals surface area contributed by atoms with Crippen molar-refractivity contribution in [3.8, 4) is 0 Å². The third kappa shape index (κ3) is 2.86. The second-order valence-corrected chi connectivity index (χ2v) is 4.95. The molecule has 1 saturated carbocycles. The number of nitrogens with one attached hydrogen (secondary N) is 1. The smallest absolute Gasteiger partial charge is 0.0947 e. The minimum atomic E-state index is 0.127. The van der Waals surface area contributed by atoms with Gasteiger partial charge in [0, 0.05) is 30.7 Å². The van der Waals surface area contributed by atoms with Crippen LogP contribution >= 0.6 is 0 Å². The van der Waals surface area contributed by atoms with Crippen LogP contribution in [0.15, 0.2) is 23.0 Å². The van der Waals surface area contributed by atoms with Crippen molar-refractivity contribution in [1.82, 2.24) is 5.32 Å². The Kier molecular flexibility index (Phi) is 4.02. The van der Waals surface area contributed by atoms with E-state index in [0.717, 1.165) is 25.9 Å². The van der Waals surface area contributed by atoms with Crippen molar-refractivity contribution in [2.45, 2.75) is 38.6 Å². The van der Waals surface area contributed by atoms with Crippen LogP contribution < -0.4 is 5.32 Å². The van der Waals surface area contributed by atoms with E-state index in [9.17, 15) is 5.11 Å². The molecule has 1 aromatic heterocycles. The standard InChI is InChI=1S/C13H21NO2/c15-11-13(5-2-1-3-6-13)10-14-8-12-4-7-16-9-12/h4,7,9,14-15H,1-3,5-6,8,10-11H2. The normalized spacial score (nSPS) is 19.8. The first-order valence-corrected chi connectivity index (χ1v) is 6.17. The maximum atomic E-state index is 9.54. The molecule has 16 heavy (non-hydrogen) atoms. The van der Waals surface area contributed by atoms with Crippen molar-refractivity contribution < 1.29 is 9.52 Å². The van der Waals surface area contributed by atoms with Gasteiger partial charge in [-0.05, 0) is 18.9 Å². The minimum Gasteiger partial charge on any atom is -0.472 e. The molecule has 0 atom stereocenters. The molecule has 1 aliphatic rings. The molecule has 0 saturated heterocycles. The predicted molar refractivity (Wildman–Crippen MR) is 63.0 cm³/mol. The second kappa shape index (κ2) is 5.51. The highest BCUT2D eigenvalue weighted by molar-refractivity contribution is 5.04. The summed E-state index contributed by atoms with van der Waals surface area (Å²) in [5.41, 5.74) is 1.30. The van der Waals surface area contributed by atoms with Crippen LogP contribution in [0.2, 0.25) is 0 Å². The highest BCUT2D eigenvalue weighted by atomic mass is 16.3. The summed E-state index contributed by atoms with van der Waals surface area (Å²) in [6.07, 6.45) is 9.61. The van der Waals surface area contributed by atoms with Crippen LogP contribution in [0, 0.1) is 5.41 Å². The summed E-state index contributed by atoms with van der Waals surface area (Å²) >= 11 is 0. The molecule has 1 aliphatic carbocycles. The van der Waals surface area contributed by atoms with Crippen LogP contribution in [0.5, 0.6) is 0 Å². The number of rotatable bonds is 5. The van der Waals surface area contributed by atoms with Crippen LogP contribution in [-0.2, 0) is 6.54 Å². The molecule has 3 heteroatoms. The van der Waals surface area contributed by atoms with Crippen LogP contribution in [0.25, 0.3) is 0 Å². The number of aliphatic hydroxyl groups excluding tert-OH is 1. The van der Waals surface area contributed by atoms with E-state index in [1.165, 1.54) is 24.8 Å². The topological polar surface area (TPSA) is 45.4 Å². The van der Waals surface area contributed by atoms with Crippen molar-refractivity contribution in [3.63, 3.8) is 0 Å². The van der Waals surface area contributed by atoms with Gasteiger partial charge in [-0.25, -0.2) is 0 Å². The van der Waals surface area contributed by atoms with Crippen molar-refractivity contribution >= 4 is 0 Å². The van der Waals surface area contributed by atoms with Gasteiger partial charge < -0.3 is 14.8 Å². The molecule has 2 rings (SSSR count). The van der Waals surface area contributed by atoms with Gasteiger partial charge in [0.05, 0.1) is 12.5 Å². The Morgan fingerprint density at radius 1 is 1.31 bits per heavy atom. The summed E-state index contributed by atoms with van der Waals surface area (Å²) in [5.74, 6) is 0. The Labute approximate surface area is 96.8 Å². The number of hydrogen-bond acceptors (Lipinski definition) is 3. The Balaban J connectivity index is 1.78. The van der Waals surface area contributed by atoms with Crippen LogP contribution in [0.1, 0.15) is 37.7 Å². The lowest BCUT2D eigenvalue weighted by atomic mass is 9.74. The third-order valence-electron chi connectivity index (χ3n) is 3.66. The molecule has 90 valence electrons. The fourth-order valence-corrected chi connectivity index (χ4v) is 2.56. The average molecular weight is 223 g/mol. The number of aliphatic hydroxyl groups is 1. The minimum absolute atomic E-state index is 0.127. The molecule has 3 nitrogen and oxygen atoms in total. The predicted octanol–water partition coefficient (Wildman–Crippen LogP) is 2.31. The molecular weight excluding hydrogens is 202 g/mol. The zero-order valence-corrected chi connectivity index (χ0v) is 9.74. The fraction of sp³-hybridized carbons (Fsp3) is 0.692. The quantitative estimate of drug-likeness (QED) is 0.805. The van der Waals surface area contributed by atoms with Crippen molar-refractivity contribution in [1.29, 1.82) is 0 Å². The zero-order chi connectivity index (χ0) is 11.3. The summed E-state index contributed by atoms with van der Waals surface area (Å²) in [7, 11) is 0. The van der Waals surface area contributed by atoms with E-state index >= 15 is 0 Å². The van der Waals surface area contributed by atoms with Crippen molar-refractivity contribution in [2.75, 3.05) is 13.2 Å². The second-order valence-electron chi connectivity index (χ2n) is 4.95. The van der Waals surface area contributed by atoms with E-state index in [2.05, 4.69) is 5.32 Å². The van der Waals surface area contributed by atoms with Gasteiger partial charge >= 0.3 is 0 Å². The van der Waals surface area contributed by atoms with Gasteiger partial charge in [-0.1, -0.05) is 19.3 Å². The Morgan fingerprint density at radius 3 is 2.75 bits per heavy atom. The first kappa shape index (κ1) is 11.7. The number of hydrogen-bond donors (Lipinski definition) is 2. The lowest BCUT2D eigenvalue weighted by molar-refractivity contribution is 0.0810. The lowest BCUT2D eigenvalue weighted by Crippen LogP contribution is -2.38. The van der Waals surface area contributed by atoms with Gasteiger partial charge in [0.25, 0.3) is 0 Å². The van der Waals surface area contributed by atoms with E-state index in [1.54, 1.807) is 12.5 Å². The van der Waals surface area contributed by atoms with E-state index in [-0.39, 0.29) is 5.41 Å². The van der Waals surface area contributed by atoms with Crippen LogP contribution in [0.4, 0.5) is 0 Å². The first-order valence-electron chi connectivity index (χ1n) is 6.17. The maximum absolute atomic E-state index is 9.54. The summed E-state index contributed by atoms with van der Waals surface area (Å²) in [6, 6.07) is 1.97. The Bertz CT molecular complexity index is 289. The highest BCUT2D eigenvalue weighted by Crippen LogP contribution is 2.35. The van der Waals surface area contributed by atoms with E-state index in [1.807, 2.05) is 6.07 Å². The fourth-order valence-electron chi connectivity index (χ4n) is 2.56. The molecule has 2 N–H and O–H groups in total. The SMILES string of the molecule is OCC1(CNCc2ccoc2)CCCCC1. The summed E-state index contributed by atoms with van der Waals surface area (Å²) < 4.78 is 5.02. The van der Waals surface area contributed by atoms with E-state index in [4.69, 9.17) is 4.42 Å². The van der Waals surface area contributed by atoms with Gasteiger partial charge in [0.15, 0.2) is 0 Å². The Morgan fingerprint density at radius 2 is 2.12 bits per heavy atom. The molecule has 1 heterocycles. The monoisotopic (exact) mass is 223 g/mol. The zero-order valence-electron chi connectivity index (χ0n) is 9.74. The van der Waals surface area contributed by atoms with Gasteiger partial charge in [0.1, 0.15) is 0 Å². The van der Waals surface area contributed by atoms with Gasteiger partial charge in [0.2, 0.25) is 0 Å². The van der Waals surface area contributed by atoms with Crippen LogP contribution in [-0.4, -0.2) is 18.3 Å². The molecule has 0 aromatic carbocycles. The molecule has 0 radical (unpaired) electrons. The largest absolute Gasteiger partial charge is 0.472 e. The van der Waals surface area contributed by atoms with Gasteiger partial charge in [-0.2, -0.15) is 0 Å². The van der Waals surface area contributed by atoms with Crippen LogP contribution in [0.3, 0.4) is 0 Å². The Hall–Kier alpha value is -0.800. The summed E-state index contributed by atoms with van der Waals surface area (Å²) in [6.45, 7) is 2.05. The van der Waals surface area contributed by atoms with E-state index in [0.29, 0.717) is 6.61 Å². The molecule has 0 unspecified atom stereocenters. The first-order chi connectivity index (χ1) is 7.85. The maximum Gasteiger partial charge on any atom is 0.0947 e. The molecule has 1 fully saturated rings. The highest BCUT2D eigenvalue weighted by Gasteiger charge is 2.30. The van der Waals surface area contributed by atoms with Crippen molar-refractivity contribution in [2.24, 2.45) is 5.41 Å². The number of furan rings is 1. The average Bonchev–Trinajstić information content (AvgIpc) is 2.83. The van der Waals surface area contributed by atoms with Gasteiger partial charge in [-0.3, -0.25) is 0 Å². The van der Waals surface area contributed by atoms with Crippen molar-refractivity contribution in [3.05, 3.63) is 24.2 Å². The summed E-state index contributed by atoms with van der Waals surface area (Å²) in [4.78, 5) is 0. The molecule has 1 aromatic rings. The third-order valence-corrected chi connectivity index (χ3v) is 3.66. The molecule has 0 spiro atoms. The molecule has 0 aliphatic heterocycles. The summed E-state index contributed by atoms with van der Waals surface area (Å²) in [5, 5.41) is 13.0. The molecule has 0 bridgehead atoms. The molecular formula is C13H21NO2. The lowest BCUT2D eigenvalue weighted by Gasteiger charge is -2.35. The van der Waals surface area contributed by atoms with E-state index < -0.39 is 0 Å². The van der Waals surface area contributed by atoms with Gasteiger partial charge in [-0.15, -0.1) is 0 Å².